The van der Waals surface area contributed by atoms with Gasteiger partial charge in [-0.2, -0.15) is 0 Å². The van der Waals surface area contributed by atoms with Crippen LogP contribution in [0.2, 0.25) is 0 Å². The summed E-state index contributed by atoms with van der Waals surface area (Å²) in [5.41, 5.74) is -0.342. The zero-order valence-electron chi connectivity index (χ0n) is 11.9. The van der Waals surface area contributed by atoms with Gasteiger partial charge in [-0.1, -0.05) is 6.07 Å². The maximum absolute atomic E-state index is 13.4. The van der Waals surface area contributed by atoms with Crippen LogP contribution in [0.15, 0.2) is 18.2 Å². The van der Waals surface area contributed by atoms with Crippen molar-refractivity contribution in [1.82, 2.24) is 10.2 Å². The number of halogens is 2. The van der Waals surface area contributed by atoms with Crippen molar-refractivity contribution in [1.29, 1.82) is 0 Å². The zero-order valence-corrected chi connectivity index (χ0v) is 11.9. The molecule has 0 unspecified atom stereocenters. The molecule has 1 aromatic rings. The monoisotopic (exact) mass is 309 g/mol. The number of likely N-dealkylation sites (tertiary alicyclic amines) is 1. The summed E-state index contributed by atoms with van der Waals surface area (Å²) in [5, 5.41) is 4.73. The van der Waals surface area contributed by atoms with E-state index in [1.807, 2.05) is 0 Å². The van der Waals surface area contributed by atoms with E-state index in [0.29, 0.717) is 6.04 Å². The van der Waals surface area contributed by atoms with Crippen LogP contribution >= 0.6 is 0 Å². The van der Waals surface area contributed by atoms with Crippen molar-refractivity contribution >= 4 is 17.5 Å². The van der Waals surface area contributed by atoms with Gasteiger partial charge in [0.25, 0.3) is 0 Å². The van der Waals surface area contributed by atoms with Gasteiger partial charge in [-0.25, -0.2) is 8.78 Å². The Bertz CT molecular complexity index is 604. The molecule has 5 nitrogen and oxygen atoms in total. The number of nitrogens with one attached hydrogen (secondary N) is 2. The van der Waals surface area contributed by atoms with Crippen LogP contribution in [0.4, 0.5) is 14.5 Å². The van der Waals surface area contributed by atoms with Crippen molar-refractivity contribution < 1.29 is 18.4 Å². The van der Waals surface area contributed by atoms with E-state index < -0.39 is 23.4 Å². The summed E-state index contributed by atoms with van der Waals surface area (Å²) in [7, 11) is 0. The highest BCUT2D eigenvalue weighted by molar-refractivity contribution is 6.39. The Morgan fingerprint density at radius 3 is 2.64 bits per heavy atom. The third-order valence-corrected chi connectivity index (χ3v) is 4.02. The molecular weight excluding hydrogens is 292 g/mol. The maximum atomic E-state index is 13.4. The van der Waals surface area contributed by atoms with Crippen LogP contribution in [0.1, 0.15) is 19.3 Å². The molecule has 118 valence electrons. The van der Waals surface area contributed by atoms with Crippen LogP contribution in [-0.2, 0) is 9.59 Å². The summed E-state index contributed by atoms with van der Waals surface area (Å²) in [6.07, 6.45) is 3.18. The second-order valence-electron chi connectivity index (χ2n) is 5.74. The summed E-state index contributed by atoms with van der Waals surface area (Å²) >= 11 is 0. The number of benzene rings is 1. The largest absolute Gasteiger partial charge is 0.344 e. The summed E-state index contributed by atoms with van der Waals surface area (Å²) < 4.78 is 26.5. The van der Waals surface area contributed by atoms with Gasteiger partial charge in [0, 0.05) is 25.2 Å². The lowest BCUT2D eigenvalue weighted by atomic mass is 10.2. The first-order chi connectivity index (χ1) is 10.5. The van der Waals surface area contributed by atoms with E-state index in [1.54, 1.807) is 0 Å². The average Bonchev–Trinajstić information content (AvgIpc) is 3.24. The lowest BCUT2D eigenvalue weighted by Crippen LogP contribution is -2.43. The summed E-state index contributed by atoms with van der Waals surface area (Å²) in [6.45, 7) is 1.65. The summed E-state index contributed by atoms with van der Waals surface area (Å²) in [6, 6.07) is 3.95. The molecule has 1 atom stereocenters. The van der Waals surface area contributed by atoms with Crippen molar-refractivity contribution in [2.24, 2.45) is 0 Å². The Morgan fingerprint density at radius 2 is 1.91 bits per heavy atom. The number of rotatable bonds is 3. The molecule has 0 spiro atoms. The normalized spacial score (nSPS) is 21.6. The molecule has 0 radical (unpaired) electrons. The van der Waals surface area contributed by atoms with Crippen LogP contribution in [0.5, 0.6) is 0 Å². The summed E-state index contributed by atoms with van der Waals surface area (Å²) in [4.78, 5) is 25.9. The molecule has 2 aliphatic rings. The standard InChI is InChI=1S/C15H17F2N3O2/c16-11-2-1-3-12(13(11)17)19-15(22)14(21)18-9-6-7-20(8-9)10-4-5-10/h1-3,9-10H,4-8H2,(H,18,21)(H,19,22)/t9-/m0/s1. The van der Waals surface area contributed by atoms with Crippen molar-refractivity contribution in [3.8, 4) is 0 Å². The van der Waals surface area contributed by atoms with Gasteiger partial charge >= 0.3 is 11.8 Å². The van der Waals surface area contributed by atoms with Crippen LogP contribution in [0, 0.1) is 11.6 Å². The molecule has 1 saturated carbocycles. The number of hydrogen-bond acceptors (Lipinski definition) is 3. The highest BCUT2D eigenvalue weighted by Gasteiger charge is 2.35. The van der Waals surface area contributed by atoms with Crippen molar-refractivity contribution in [2.45, 2.75) is 31.3 Å². The highest BCUT2D eigenvalue weighted by atomic mass is 19.2. The molecule has 3 rings (SSSR count). The third-order valence-electron chi connectivity index (χ3n) is 4.02. The molecule has 1 aliphatic carbocycles. The van der Waals surface area contributed by atoms with Gasteiger partial charge in [0.05, 0.1) is 5.69 Å². The van der Waals surface area contributed by atoms with Gasteiger partial charge in [0.1, 0.15) is 0 Å². The van der Waals surface area contributed by atoms with E-state index in [0.717, 1.165) is 25.6 Å². The van der Waals surface area contributed by atoms with Gasteiger partial charge < -0.3 is 10.6 Å². The molecule has 22 heavy (non-hydrogen) atoms. The molecule has 2 fully saturated rings. The second-order valence-corrected chi connectivity index (χ2v) is 5.74. The van der Waals surface area contributed by atoms with E-state index in [4.69, 9.17) is 0 Å². The molecule has 2 N–H and O–H groups in total. The minimum atomic E-state index is -1.18. The Hall–Kier alpha value is -2.02. The first kappa shape index (κ1) is 14.9. The Labute approximate surface area is 126 Å². The molecule has 7 heteroatoms. The Kier molecular flexibility index (Phi) is 4.06. The number of anilines is 1. The molecule has 1 saturated heterocycles. The fourth-order valence-electron chi connectivity index (χ4n) is 2.71. The zero-order chi connectivity index (χ0) is 15.7. The Balaban J connectivity index is 1.53. The van der Waals surface area contributed by atoms with Crippen LogP contribution in [-0.4, -0.2) is 41.9 Å². The highest BCUT2D eigenvalue weighted by Crippen LogP contribution is 2.29. The third kappa shape index (κ3) is 3.24. The van der Waals surface area contributed by atoms with E-state index in [2.05, 4.69) is 15.5 Å². The minimum absolute atomic E-state index is 0.0730. The molecule has 1 aromatic carbocycles. The molecule has 0 aromatic heterocycles. The first-order valence-corrected chi connectivity index (χ1v) is 7.34. The SMILES string of the molecule is O=C(Nc1cccc(F)c1F)C(=O)N[C@H]1CCN(C2CC2)C1. The molecule has 1 heterocycles. The van der Waals surface area contributed by atoms with Crippen molar-refractivity contribution in [2.75, 3.05) is 18.4 Å². The fourth-order valence-corrected chi connectivity index (χ4v) is 2.71. The molecular formula is C15H17F2N3O2. The van der Waals surface area contributed by atoms with Gasteiger partial charge in [-0.15, -0.1) is 0 Å². The van der Waals surface area contributed by atoms with Crippen molar-refractivity contribution in [3.05, 3.63) is 29.8 Å². The number of nitrogens with zero attached hydrogens (tertiary/aromatic N) is 1. The molecule has 1 aliphatic heterocycles. The first-order valence-electron chi connectivity index (χ1n) is 7.34. The second kappa shape index (κ2) is 6.00. The summed E-state index contributed by atoms with van der Waals surface area (Å²) in [5.74, 6) is -4.07. The van der Waals surface area contributed by atoms with Crippen LogP contribution < -0.4 is 10.6 Å². The van der Waals surface area contributed by atoms with Crippen LogP contribution in [0.25, 0.3) is 0 Å². The molecule has 0 bridgehead atoms. The Morgan fingerprint density at radius 1 is 1.14 bits per heavy atom. The topological polar surface area (TPSA) is 61.4 Å². The van der Waals surface area contributed by atoms with E-state index >= 15 is 0 Å². The molecule has 2 amide bonds. The number of carbonyl (C=O) groups is 2. The fraction of sp³-hybridized carbons (Fsp3) is 0.467. The van der Waals surface area contributed by atoms with E-state index in [9.17, 15) is 18.4 Å². The lowest BCUT2D eigenvalue weighted by Gasteiger charge is -2.15. The van der Waals surface area contributed by atoms with Gasteiger partial charge in [-0.3, -0.25) is 14.5 Å². The smallest absolute Gasteiger partial charge is 0.313 e. The predicted octanol–water partition coefficient (Wildman–Crippen LogP) is 1.26. The lowest BCUT2D eigenvalue weighted by molar-refractivity contribution is -0.136. The predicted molar refractivity (Wildman–Crippen MR) is 76.1 cm³/mol. The average molecular weight is 309 g/mol. The van der Waals surface area contributed by atoms with Crippen LogP contribution in [0.3, 0.4) is 0 Å². The van der Waals surface area contributed by atoms with Crippen molar-refractivity contribution in [3.63, 3.8) is 0 Å². The van der Waals surface area contributed by atoms with Gasteiger partial charge in [-0.05, 0) is 31.4 Å². The maximum Gasteiger partial charge on any atom is 0.313 e. The number of amides is 2. The number of hydrogen-bond donors (Lipinski definition) is 2. The van der Waals surface area contributed by atoms with Gasteiger partial charge in [0.15, 0.2) is 11.6 Å². The number of carbonyl (C=O) groups excluding carboxylic acids is 2. The quantitative estimate of drug-likeness (QED) is 0.826. The minimum Gasteiger partial charge on any atom is -0.344 e. The van der Waals surface area contributed by atoms with Gasteiger partial charge in [0.2, 0.25) is 0 Å². The van der Waals surface area contributed by atoms with E-state index in [1.165, 1.54) is 25.0 Å². The van der Waals surface area contributed by atoms with E-state index in [-0.39, 0.29) is 11.7 Å².